The summed E-state index contributed by atoms with van der Waals surface area (Å²) in [6.07, 6.45) is 5.57. The molecule has 1 aliphatic heterocycles. The van der Waals surface area contributed by atoms with E-state index in [0.29, 0.717) is 0 Å². The lowest BCUT2D eigenvalue weighted by Crippen LogP contribution is -1.99. The van der Waals surface area contributed by atoms with Crippen LogP contribution < -0.4 is 4.74 Å². The number of rotatable bonds is 3. The van der Waals surface area contributed by atoms with E-state index in [1.54, 1.807) is 7.11 Å². The summed E-state index contributed by atoms with van der Waals surface area (Å²) in [7, 11) is 1.69. The molecule has 0 saturated carbocycles. The van der Waals surface area contributed by atoms with Gasteiger partial charge in [-0.1, -0.05) is 23.7 Å². The molecule has 0 bridgehead atoms. The normalized spacial score (nSPS) is 13.7. The van der Waals surface area contributed by atoms with Gasteiger partial charge in [-0.2, -0.15) is 0 Å². The minimum absolute atomic E-state index is 0.762. The third-order valence-electron chi connectivity index (χ3n) is 5.34. The second-order valence-electron chi connectivity index (χ2n) is 6.96. The van der Waals surface area contributed by atoms with Crippen molar-refractivity contribution in [2.75, 3.05) is 7.11 Å². The van der Waals surface area contributed by atoms with Gasteiger partial charge in [0.1, 0.15) is 11.4 Å². The summed E-state index contributed by atoms with van der Waals surface area (Å²) >= 11 is 6.07. The molecule has 5 heteroatoms. The van der Waals surface area contributed by atoms with E-state index in [2.05, 4.69) is 35.0 Å². The third kappa shape index (κ3) is 2.72. The first kappa shape index (κ1) is 16.5. The molecular formula is C22H20ClN3O. The maximum Gasteiger partial charge on any atom is 0.162 e. The van der Waals surface area contributed by atoms with Crippen LogP contribution in [0.2, 0.25) is 5.02 Å². The number of benzene rings is 2. The van der Waals surface area contributed by atoms with E-state index in [1.165, 1.54) is 28.8 Å². The van der Waals surface area contributed by atoms with Crippen molar-refractivity contribution in [3.63, 3.8) is 0 Å². The maximum atomic E-state index is 6.07. The number of hydrogen-bond acceptors (Lipinski definition) is 2. The van der Waals surface area contributed by atoms with Crippen LogP contribution >= 0.6 is 11.6 Å². The zero-order valence-corrected chi connectivity index (χ0v) is 15.9. The molecule has 4 nitrogen and oxygen atoms in total. The quantitative estimate of drug-likeness (QED) is 0.474. The van der Waals surface area contributed by atoms with E-state index in [1.807, 2.05) is 28.8 Å². The monoisotopic (exact) mass is 377 g/mol. The van der Waals surface area contributed by atoms with Gasteiger partial charge in [-0.05, 0) is 61.2 Å². The zero-order chi connectivity index (χ0) is 18.4. The molecule has 2 aromatic carbocycles. The highest BCUT2D eigenvalue weighted by Crippen LogP contribution is 2.35. The van der Waals surface area contributed by atoms with E-state index < -0.39 is 0 Å². The Balaban J connectivity index is 1.68. The zero-order valence-electron chi connectivity index (χ0n) is 15.2. The van der Waals surface area contributed by atoms with Crippen LogP contribution in [0.3, 0.4) is 0 Å². The van der Waals surface area contributed by atoms with Crippen LogP contribution in [-0.4, -0.2) is 21.3 Å². The predicted octanol–water partition coefficient (Wildman–Crippen LogP) is 5.47. The molecule has 3 heterocycles. The highest BCUT2D eigenvalue weighted by atomic mass is 35.5. The molecule has 0 fully saturated rings. The fraction of sp³-hybridized carbons (Fsp3) is 0.227. The van der Waals surface area contributed by atoms with Crippen LogP contribution in [0.25, 0.3) is 28.2 Å². The van der Waals surface area contributed by atoms with Gasteiger partial charge < -0.3 is 9.30 Å². The first-order valence-corrected chi connectivity index (χ1v) is 9.63. The largest absolute Gasteiger partial charge is 0.497 e. The molecule has 0 aliphatic carbocycles. The van der Waals surface area contributed by atoms with Crippen LogP contribution in [0.4, 0.5) is 0 Å². The summed E-state index contributed by atoms with van der Waals surface area (Å²) in [5.41, 5.74) is 6.15. The van der Waals surface area contributed by atoms with Gasteiger partial charge in [-0.15, -0.1) is 5.10 Å². The lowest BCUT2D eigenvalue weighted by atomic mass is 10.0. The molecule has 2 aromatic heterocycles. The van der Waals surface area contributed by atoms with E-state index in [4.69, 9.17) is 21.4 Å². The summed E-state index contributed by atoms with van der Waals surface area (Å²) in [4.78, 5) is 0. The Bertz CT molecular complexity index is 1110. The summed E-state index contributed by atoms with van der Waals surface area (Å²) in [6.45, 7) is 0.988. The fourth-order valence-corrected chi connectivity index (χ4v) is 4.13. The summed E-state index contributed by atoms with van der Waals surface area (Å²) in [6, 6.07) is 16.2. The maximum absolute atomic E-state index is 6.07. The van der Waals surface area contributed by atoms with Crippen molar-refractivity contribution in [2.45, 2.75) is 25.8 Å². The molecule has 1 aliphatic rings. The summed E-state index contributed by atoms with van der Waals surface area (Å²) in [5.74, 6) is 1.87. The number of methoxy groups -OCH3 is 1. The summed E-state index contributed by atoms with van der Waals surface area (Å²) in [5, 5.41) is 5.69. The lowest BCUT2D eigenvalue weighted by Gasteiger charge is -2.07. The molecule has 136 valence electrons. The molecule has 27 heavy (non-hydrogen) atoms. The minimum Gasteiger partial charge on any atom is -0.497 e. The smallest absolute Gasteiger partial charge is 0.162 e. The molecule has 0 saturated heterocycles. The van der Waals surface area contributed by atoms with Crippen molar-refractivity contribution in [1.29, 1.82) is 0 Å². The number of ether oxygens (including phenoxy) is 1. The average molecular weight is 378 g/mol. The van der Waals surface area contributed by atoms with Gasteiger partial charge >= 0.3 is 0 Å². The van der Waals surface area contributed by atoms with Crippen molar-refractivity contribution < 1.29 is 4.74 Å². The van der Waals surface area contributed by atoms with Gasteiger partial charge in [0.25, 0.3) is 0 Å². The van der Waals surface area contributed by atoms with Crippen molar-refractivity contribution in [2.24, 2.45) is 0 Å². The van der Waals surface area contributed by atoms with Crippen LogP contribution in [-0.2, 0) is 13.0 Å². The number of halogens is 1. The molecule has 5 rings (SSSR count). The molecule has 0 amide bonds. The number of aryl methyl sites for hydroxylation is 2. The van der Waals surface area contributed by atoms with E-state index >= 15 is 0 Å². The van der Waals surface area contributed by atoms with Crippen LogP contribution in [0.15, 0.2) is 54.7 Å². The Morgan fingerprint density at radius 2 is 1.70 bits per heavy atom. The topological polar surface area (TPSA) is 31.5 Å². The van der Waals surface area contributed by atoms with Gasteiger partial charge in [0, 0.05) is 34.5 Å². The molecule has 4 aromatic rings. The minimum atomic E-state index is 0.762. The number of nitrogens with zero attached hydrogens (tertiary/aromatic N) is 3. The highest BCUT2D eigenvalue weighted by molar-refractivity contribution is 6.30. The molecule has 0 spiro atoms. The molecule has 0 unspecified atom stereocenters. The Kier molecular flexibility index (Phi) is 3.94. The van der Waals surface area contributed by atoms with Gasteiger partial charge in [0.15, 0.2) is 5.82 Å². The van der Waals surface area contributed by atoms with Crippen molar-refractivity contribution in [1.82, 2.24) is 14.2 Å². The standard InChI is InChI=1S/C22H20ClN3O/c1-27-18-11-7-16(8-12-18)21-24-26-14-20(15-5-9-17(23)10-6-15)19-4-2-3-13-25(21)22(19)26/h5-12,14H,2-4,13H2,1H3. The van der Waals surface area contributed by atoms with Crippen molar-refractivity contribution in [3.05, 3.63) is 65.3 Å². The SMILES string of the molecule is COc1ccc(-c2nn3cc(-c4ccc(Cl)cc4)c4c3n2CCCC4)cc1. The van der Waals surface area contributed by atoms with Gasteiger partial charge in [-0.3, -0.25) is 0 Å². The predicted molar refractivity (Wildman–Crippen MR) is 109 cm³/mol. The van der Waals surface area contributed by atoms with E-state index in [-0.39, 0.29) is 0 Å². The summed E-state index contributed by atoms with van der Waals surface area (Å²) < 4.78 is 9.70. The van der Waals surface area contributed by atoms with E-state index in [9.17, 15) is 0 Å². The van der Waals surface area contributed by atoms with Crippen molar-refractivity contribution in [3.8, 4) is 28.3 Å². The number of hydrogen-bond donors (Lipinski definition) is 0. The third-order valence-corrected chi connectivity index (χ3v) is 5.59. The molecular weight excluding hydrogens is 358 g/mol. The van der Waals surface area contributed by atoms with Crippen LogP contribution in [0.1, 0.15) is 18.4 Å². The highest BCUT2D eigenvalue weighted by Gasteiger charge is 2.22. The first-order chi connectivity index (χ1) is 13.2. The Hall–Kier alpha value is -2.72. The Labute approximate surface area is 163 Å². The average Bonchev–Trinajstić information content (AvgIpc) is 3.13. The fourth-order valence-electron chi connectivity index (χ4n) is 4.00. The second kappa shape index (κ2) is 6.46. The second-order valence-corrected chi connectivity index (χ2v) is 7.39. The van der Waals surface area contributed by atoms with E-state index in [0.717, 1.165) is 41.5 Å². The molecule has 0 N–H and O–H groups in total. The molecule has 0 radical (unpaired) electrons. The first-order valence-electron chi connectivity index (χ1n) is 9.26. The van der Waals surface area contributed by atoms with Gasteiger partial charge in [0.05, 0.1) is 7.11 Å². The van der Waals surface area contributed by atoms with Crippen LogP contribution in [0, 0.1) is 0 Å². The lowest BCUT2D eigenvalue weighted by molar-refractivity contribution is 0.415. The van der Waals surface area contributed by atoms with Crippen molar-refractivity contribution >= 4 is 17.2 Å². The van der Waals surface area contributed by atoms with Gasteiger partial charge in [-0.25, -0.2) is 4.52 Å². The Morgan fingerprint density at radius 1 is 0.963 bits per heavy atom. The molecule has 0 atom stereocenters. The number of aromatic nitrogens is 3. The van der Waals surface area contributed by atoms with Crippen LogP contribution in [0.5, 0.6) is 5.75 Å². The van der Waals surface area contributed by atoms with Gasteiger partial charge in [0.2, 0.25) is 0 Å². The Morgan fingerprint density at radius 3 is 2.44 bits per heavy atom.